The highest BCUT2D eigenvalue weighted by Crippen LogP contribution is 2.73. The van der Waals surface area contributed by atoms with E-state index in [0.29, 0.717) is 21.7 Å². The molecule has 6 rings (SSSR count). The SMILES string of the molecule is CC1(C)CCC[C@]2(C)[C@H](C[B]C[C@@H]3[C@@H]4CC[C@@H]5[C@H]4C(C)(C)CCC[C@]35C)[C@@H]3CC[C@@H]2[C@H]31. The molecule has 6 saturated carbocycles. The van der Waals surface area contributed by atoms with Crippen molar-refractivity contribution >= 4 is 7.28 Å². The third kappa shape index (κ3) is 2.79. The van der Waals surface area contributed by atoms with E-state index in [1.807, 2.05) is 0 Å². The Kier molecular flexibility index (Phi) is 4.74. The summed E-state index contributed by atoms with van der Waals surface area (Å²) in [5, 5.41) is 0. The average molecular weight is 422 g/mol. The maximum absolute atomic E-state index is 2.88. The number of hydrogen-bond acceptors (Lipinski definition) is 0. The minimum atomic E-state index is 0.595. The lowest BCUT2D eigenvalue weighted by Crippen LogP contribution is -2.36. The van der Waals surface area contributed by atoms with Gasteiger partial charge in [-0.2, -0.15) is 0 Å². The van der Waals surface area contributed by atoms with Crippen molar-refractivity contribution in [3.63, 3.8) is 0 Å². The zero-order valence-corrected chi connectivity index (χ0v) is 21.7. The molecule has 0 heterocycles. The average Bonchev–Trinajstić information content (AvgIpc) is 3.37. The monoisotopic (exact) mass is 421 g/mol. The highest BCUT2D eigenvalue weighted by molar-refractivity contribution is 6.35. The topological polar surface area (TPSA) is 0 Å². The van der Waals surface area contributed by atoms with E-state index in [1.54, 1.807) is 25.7 Å². The van der Waals surface area contributed by atoms with Crippen LogP contribution < -0.4 is 0 Å². The van der Waals surface area contributed by atoms with Crippen LogP contribution in [-0.4, -0.2) is 7.28 Å². The molecule has 0 nitrogen and oxygen atoms in total. The largest absolute Gasteiger partial charge is 0.110 e. The molecular weight excluding hydrogens is 371 g/mol. The summed E-state index contributed by atoms with van der Waals surface area (Å²) in [6.07, 6.45) is 18.1. The fraction of sp³-hybridized carbons (Fsp3) is 1.00. The molecule has 0 amide bonds. The van der Waals surface area contributed by atoms with Gasteiger partial charge in [-0.1, -0.05) is 67.0 Å². The Morgan fingerprint density at radius 2 is 1.00 bits per heavy atom. The lowest BCUT2D eigenvalue weighted by Gasteiger charge is -2.44. The highest BCUT2D eigenvalue weighted by Gasteiger charge is 2.66. The quantitative estimate of drug-likeness (QED) is 0.399. The van der Waals surface area contributed by atoms with Crippen LogP contribution in [-0.2, 0) is 0 Å². The molecule has 31 heavy (non-hydrogen) atoms. The predicted molar refractivity (Wildman–Crippen MR) is 133 cm³/mol. The standard InChI is InChI=1S/C30H50B/c1-27(2)13-7-15-29(5)21-11-9-19(25(21)27)23(29)17-31-18-24-20-10-12-22-26(20)28(3,4)14-8-16-30(22,24)6/h19-26H,7-18H2,1-6H3/t19-,20-,21+,22+,23+,24+,25-,26-,29-,30-/m0/s1. The van der Waals surface area contributed by atoms with Crippen molar-refractivity contribution in [1.29, 1.82) is 0 Å². The van der Waals surface area contributed by atoms with Crippen LogP contribution >= 0.6 is 0 Å². The van der Waals surface area contributed by atoms with Crippen molar-refractivity contribution < 1.29 is 0 Å². The minimum Gasteiger partial charge on any atom is -0.0767 e. The number of rotatable bonds is 4. The molecule has 173 valence electrons. The van der Waals surface area contributed by atoms with Crippen LogP contribution in [0.3, 0.4) is 0 Å². The van der Waals surface area contributed by atoms with Crippen LogP contribution in [0.25, 0.3) is 0 Å². The van der Waals surface area contributed by atoms with Gasteiger partial charge in [-0.05, 0) is 120 Å². The molecule has 0 saturated heterocycles. The maximum atomic E-state index is 2.88. The van der Waals surface area contributed by atoms with Gasteiger partial charge in [0.25, 0.3) is 0 Å². The first kappa shape index (κ1) is 21.6. The summed E-state index contributed by atoms with van der Waals surface area (Å²) in [5.74, 6) is 8.22. The van der Waals surface area contributed by atoms with Gasteiger partial charge in [-0.15, -0.1) is 0 Å². The van der Waals surface area contributed by atoms with Gasteiger partial charge in [0, 0.05) is 0 Å². The maximum Gasteiger partial charge on any atom is 0.110 e. The van der Waals surface area contributed by atoms with Gasteiger partial charge >= 0.3 is 0 Å². The second-order valence-corrected chi connectivity index (χ2v) is 15.4. The minimum absolute atomic E-state index is 0.595. The van der Waals surface area contributed by atoms with Gasteiger partial charge in [-0.25, -0.2) is 0 Å². The molecule has 8 bridgehead atoms. The zero-order valence-electron chi connectivity index (χ0n) is 21.7. The summed E-state index contributed by atoms with van der Waals surface area (Å²) in [5.41, 5.74) is 2.51. The first-order valence-electron chi connectivity index (χ1n) is 14.4. The Labute approximate surface area is 194 Å². The smallest absolute Gasteiger partial charge is 0.0767 e. The van der Waals surface area contributed by atoms with Crippen LogP contribution in [0.2, 0.25) is 12.6 Å². The van der Waals surface area contributed by atoms with Crippen molar-refractivity contribution in [2.75, 3.05) is 0 Å². The summed E-state index contributed by atoms with van der Waals surface area (Å²) in [7, 11) is 2.88. The van der Waals surface area contributed by atoms with Crippen molar-refractivity contribution in [3.05, 3.63) is 0 Å². The second-order valence-electron chi connectivity index (χ2n) is 15.4. The van der Waals surface area contributed by atoms with Crippen LogP contribution in [0.5, 0.6) is 0 Å². The Bertz CT molecular complexity index is 662. The van der Waals surface area contributed by atoms with E-state index in [2.05, 4.69) is 48.8 Å². The molecule has 0 N–H and O–H groups in total. The van der Waals surface area contributed by atoms with Crippen molar-refractivity contribution in [2.45, 2.75) is 118 Å². The van der Waals surface area contributed by atoms with Gasteiger partial charge in [0.15, 0.2) is 0 Å². The van der Waals surface area contributed by atoms with Crippen LogP contribution in [0, 0.1) is 69.0 Å². The van der Waals surface area contributed by atoms with Gasteiger partial charge in [-0.3, -0.25) is 0 Å². The zero-order chi connectivity index (χ0) is 21.8. The molecule has 1 radical (unpaired) electrons. The summed E-state index contributed by atoms with van der Waals surface area (Å²) in [6.45, 7) is 16.0. The van der Waals surface area contributed by atoms with E-state index in [4.69, 9.17) is 0 Å². The second kappa shape index (κ2) is 6.81. The van der Waals surface area contributed by atoms with E-state index in [9.17, 15) is 0 Å². The van der Waals surface area contributed by atoms with Gasteiger partial charge in [0.05, 0.1) is 0 Å². The van der Waals surface area contributed by atoms with Crippen molar-refractivity contribution in [1.82, 2.24) is 0 Å². The van der Waals surface area contributed by atoms with Crippen molar-refractivity contribution in [3.8, 4) is 0 Å². The summed E-state index contributed by atoms with van der Waals surface area (Å²) < 4.78 is 0. The molecule has 6 aliphatic carbocycles. The van der Waals surface area contributed by atoms with Crippen LogP contribution in [0.1, 0.15) is 106 Å². The third-order valence-corrected chi connectivity index (χ3v) is 13.6. The Balaban J connectivity index is 1.18. The highest BCUT2D eigenvalue weighted by atomic mass is 14.7. The normalized spacial score (nSPS) is 55.8. The van der Waals surface area contributed by atoms with Crippen molar-refractivity contribution in [2.24, 2.45) is 69.0 Å². The van der Waals surface area contributed by atoms with E-state index in [-0.39, 0.29) is 0 Å². The van der Waals surface area contributed by atoms with Gasteiger partial charge < -0.3 is 0 Å². The van der Waals surface area contributed by atoms with Gasteiger partial charge in [0.1, 0.15) is 7.28 Å². The molecule has 6 fully saturated rings. The molecule has 1 heteroatoms. The van der Waals surface area contributed by atoms with Crippen LogP contribution in [0.15, 0.2) is 0 Å². The molecular formula is C30H50B. The van der Waals surface area contributed by atoms with E-state index < -0.39 is 0 Å². The summed E-state index contributed by atoms with van der Waals surface area (Å²) in [6, 6.07) is 0. The lowest BCUT2D eigenvalue weighted by atomic mass is 9.50. The van der Waals surface area contributed by atoms with Gasteiger partial charge in [0.2, 0.25) is 0 Å². The van der Waals surface area contributed by atoms with E-state index in [0.717, 1.165) is 47.3 Å². The third-order valence-electron chi connectivity index (χ3n) is 13.6. The summed E-state index contributed by atoms with van der Waals surface area (Å²) in [4.78, 5) is 0. The lowest BCUT2D eigenvalue weighted by molar-refractivity contribution is 0.0939. The first-order chi connectivity index (χ1) is 14.6. The van der Waals surface area contributed by atoms with E-state index >= 15 is 0 Å². The predicted octanol–water partition coefficient (Wildman–Crippen LogP) is 8.50. The molecule has 0 spiro atoms. The molecule has 0 unspecified atom stereocenters. The fourth-order valence-electron chi connectivity index (χ4n) is 12.5. The first-order valence-corrected chi connectivity index (χ1v) is 14.4. The molecule has 0 aromatic carbocycles. The summed E-state index contributed by atoms with van der Waals surface area (Å²) >= 11 is 0. The molecule has 6 aliphatic rings. The fourth-order valence-corrected chi connectivity index (χ4v) is 12.5. The molecule has 0 aromatic rings. The Hall–Kier alpha value is 0.0649. The Morgan fingerprint density at radius 1 is 0.581 bits per heavy atom. The van der Waals surface area contributed by atoms with Crippen LogP contribution in [0.4, 0.5) is 0 Å². The van der Waals surface area contributed by atoms with E-state index in [1.165, 1.54) is 51.2 Å². The molecule has 0 aromatic heterocycles. The number of hydrogen-bond donors (Lipinski definition) is 0. The Morgan fingerprint density at radius 3 is 1.42 bits per heavy atom. The molecule has 0 aliphatic heterocycles. The molecule has 10 atom stereocenters.